The monoisotopic (exact) mass is 297 g/mol. The number of aromatic nitrogens is 1. The molecule has 0 radical (unpaired) electrons. The number of hydrogen-bond donors (Lipinski definition) is 1. The molecular formula is C18H16ClNO. The Hall–Kier alpha value is -2.06. The number of rotatable bonds is 3. The van der Waals surface area contributed by atoms with E-state index in [9.17, 15) is 4.79 Å². The zero-order valence-corrected chi connectivity index (χ0v) is 12.7. The van der Waals surface area contributed by atoms with Crippen LogP contribution >= 0.6 is 11.6 Å². The van der Waals surface area contributed by atoms with E-state index in [-0.39, 0.29) is 5.78 Å². The van der Waals surface area contributed by atoms with Gasteiger partial charge < -0.3 is 4.98 Å². The first-order valence-electron chi connectivity index (χ1n) is 6.98. The molecule has 0 bridgehead atoms. The van der Waals surface area contributed by atoms with Crippen molar-refractivity contribution in [2.45, 2.75) is 19.8 Å². The van der Waals surface area contributed by atoms with E-state index in [0.29, 0.717) is 22.1 Å². The van der Waals surface area contributed by atoms with Crippen molar-refractivity contribution in [3.8, 4) is 0 Å². The van der Waals surface area contributed by atoms with E-state index in [4.69, 9.17) is 11.6 Å². The van der Waals surface area contributed by atoms with Gasteiger partial charge in [-0.3, -0.25) is 4.79 Å². The van der Waals surface area contributed by atoms with Crippen LogP contribution in [0.25, 0.3) is 10.9 Å². The van der Waals surface area contributed by atoms with Gasteiger partial charge in [-0.25, -0.2) is 0 Å². The van der Waals surface area contributed by atoms with Crippen molar-refractivity contribution in [1.29, 1.82) is 0 Å². The molecule has 0 unspecified atom stereocenters. The first-order valence-corrected chi connectivity index (χ1v) is 7.36. The Morgan fingerprint density at radius 3 is 2.48 bits per heavy atom. The van der Waals surface area contributed by atoms with Gasteiger partial charge in [0.05, 0.1) is 10.5 Å². The lowest BCUT2D eigenvalue weighted by Crippen LogP contribution is -2.00. The van der Waals surface area contributed by atoms with E-state index in [1.165, 1.54) is 5.56 Å². The third-order valence-corrected chi connectivity index (χ3v) is 4.06. The number of carbonyl (C=O) groups excluding carboxylic acids is 1. The Balaban J connectivity index is 2.02. The molecule has 0 saturated carbocycles. The summed E-state index contributed by atoms with van der Waals surface area (Å²) >= 11 is 6.13. The molecule has 3 heteroatoms. The van der Waals surface area contributed by atoms with Crippen LogP contribution in [0.2, 0.25) is 5.02 Å². The highest BCUT2D eigenvalue weighted by molar-refractivity contribution is 6.35. The largest absolute Gasteiger partial charge is 0.359 e. The van der Waals surface area contributed by atoms with Crippen LogP contribution in [0.5, 0.6) is 0 Å². The number of benzene rings is 2. The summed E-state index contributed by atoms with van der Waals surface area (Å²) in [6.45, 7) is 4.27. The van der Waals surface area contributed by atoms with Gasteiger partial charge >= 0.3 is 0 Å². The molecule has 1 heterocycles. The second-order valence-corrected chi connectivity index (χ2v) is 5.88. The van der Waals surface area contributed by atoms with Gasteiger partial charge in [0.15, 0.2) is 5.78 Å². The maximum atomic E-state index is 12.7. The van der Waals surface area contributed by atoms with Gasteiger partial charge in [-0.05, 0) is 17.5 Å². The Kier molecular flexibility index (Phi) is 3.56. The van der Waals surface area contributed by atoms with Crippen LogP contribution in [0.15, 0.2) is 48.7 Å². The van der Waals surface area contributed by atoms with Gasteiger partial charge in [0, 0.05) is 22.7 Å². The molecular weight excluding hydrogens is 282 g/mol. The van der Waals surface area contributed by atoms with Crippen molar-refractivity contribution in [3.63, 3.8) is 0 Å². The molecule has 21 heavy (non-hydrogen) atoms. The van der Waals surface area contributed by atoms with Crippen molar-refractivity contribution in [2.75, 3.05) is 0 Å². The molecule has 3 aromatic rings. The Labute approximate surface area is 128 Å². The smallest absolute Gasteiger partial charge is 0.195 e. The van der Waals surface area contributed by atoms with Gasteiger partial charge in [0.1, 0.15) is 0 Å². The Bertz CT molecular complexity index is 800. The number of ketones is 1. The number of H-pyrrole nitrogens is 1. The lowest BCUT2D eigenvalue weighted by Gasteiger charge is -2.06. The summed E-state index contributed by atoms with van der Waals surface area (Å²) in [6.07, 6.45) is 1.73. The zero-order chi connectivity index (χ0) is 15.0. The number of aromatic amines is 1. The number of hydrogen-bond acceptors (Lipinski definition) is 1. The standard InChI is InChI=1S/C18H16ClNO/c1-11(2)12-6-8-13(9-7-12)18(21)15-10-20-17-14(15)4-3-5-16(17)19/h3-11,20H,1-2H3. The van der Waals surface area contributed by atoms with E-state index in [1.807, 2.05) is 42.5 Å². The molecule has 0 aliphatic heterocycles. The quantitative estimate of drug-likeness (QED) is 0.664. The van der Waals surface area contributed by atoms with Crippen LogP contribution in [0.4, 0.5) is 0 Å². The summed E-state index contributed by atoms with van der Waals surface area (Å²) < 4.78 is 0. The van der Waals surface area contributed by atoms with Gasteiger partial charge in [-0.1, -0.05) is 61.8 Å². The molecule has 1 N–H and O–H groups in total. The summed E-state index contributed by atoms with van der Waals surface area (Å²) in [7, 11) is 0. The van der Waals surface area contributed by atoms with Crippen molar-refractivity contribution < 1.29 is 4.79 Å². The van der Waals surface area contributed by atoms with E-state index in [0.717, 1.165) is 10.9 Å². The normalized spacial score (nSPS) is 11.2. The second kappa shape index (κ2) is 5.38. The molecule has 106 valence electrons. The predicted octanol–water partition coefficient (Wildman–Crippen LogP) is 5.18. The Morgan fingerprint density at radius 1 is 1.10 bits per heavy atom. The van der Waals surface area contributed by atoms with E-state index < -0.39 is 0 Å². The van der Waals surface area contributed by atoms with Crippen LogP contribution in [0.3, 0.4) is 0 Å². The summed E-state index contributed by atoms with van der Waals surface area (Å²) in [5.74, 6) is 0.472. The fourth-order valence-corrected chi connectivity index (χ4v) is 2.71. The highest BCUT2D eigenvalue weighted by Crippen LogP contribution is 2.27. The average molecular weight is 298 g/mol. The highest BCUT2D eigenvalue weighted by atomic mass is 35.5. The summed E-state index contributed by atoms with van der Waals surface area (Å²) in [6, 6.07) is 13.4. The first kappa shape index (κ1) is 13.9. The minimum atomic E-state index is 0.0128. The van der Waals surface area contributed by atoms with Crippen LogP contribution in [0, 0.1) is 0 Å². The van der Waals surface area contributed by atoms with E-state index >= 15 is 0 Å². The minimum Gasteiger partial charge on any atom is -0.359 e. The number of nitrogens with one attached hydrogen (secondary N) is 1. The highest BCUT2D eigenvalue weighted by Gasteiger charge is 2.15. The third kappa shape index (κ3) is 2.47. The molecule has 3 rings (SSSR count). The lowest BCUT2D eigenvalue weighted by atomic mass is 9.98. The SMILES string of the molecule is CC(C)c1ccc(C(=O)c2c[nH]c3c(Cl)cccc23)cc1. The first-order chi connectivity index (χ1) is 10.1. The fraction of sp³-hybridized carbons (Fsp3) is 0.167. The summed E-state index contributed by atoms with van der Waals surface area (Å²) in [4.78, 5) is 15.7. The number of halogens is 1. The van der Waals surface area contributed by atoms with Gasteiger partial charge in [0.25, 0.3) is 0 Å². The molecule has 0 saturated heterocycles. The van der Waals surface area contributed by atoms with Gasteiger partial charge in [0.2, 0.25) is 0 Å². The van der Waals surface area contributed by atoms with Crippen LogP contribution in [-0.4, -0.2) is 10.8 Å². The van der Waals surface area contributed by atoms with Crippen molar-refractivity contribution in [2.24, 2.45) is 0 Å². The van der Waals surface area contributed by atoms with Crippen LogP contribution in [-0.2, 0) is 0 Å². The van der Waals surface area contributed by atoms with Crippen molar-refractivity contribution >= 4 is 28.3 Å². The molecule has 0 atom stereocenters. The molecule has 0 aliphatic rings. The fourth-order valence-electron chi connectivity index (χ4n) is 2.48. The summed E-state index contributed by atoms with van der Waals surface area (Å²) in [5.41, 5.74) is 3.39. The molecule has 2 aromatic carbocycles. The molecule has 0 spiro atoms. The van der Waals surface area contributed by atoms with Crippen molar-refractivity contribution in [3.05, 3.63) is 70.4 Å². The van der Waals surface area contributed by atoms with Crippen LogP contribution in [0.1, 0.15) is 41.3 Å². The van der Waals surface area contributed by atoms with E-state index in [2.05, 4.69) is 18.8 Å². The average Bonchev–Trinajstić information content (AvgIpc) is 2.92. The molecule has 2 nitrogen and oxygen atoms in total. The van der Waals surface area contributed by atoms with Crippen molar-refractivity contribution in [1.82, 2.24) is 4.98 Å². The zero-order valence-electron chi connectivity index (χ0n) is 12.0. The Morgan fingerprint density at radius 2 is 1.81 bits per heavy atom. The minimum absolute atomic E-state index is 0.0128. The van der Waals surface area contributed by atoms with Crippen LogP contribution < -0.4 is 0 Å². The maximum absolute atomic E-state index is 12.7. The maximum Gasteiger partial charge on any atom is 0.195 e. The lowest BCUT2D eigenvalue weighted by molar-refractivity contribution is 0.104. The van der Waals surface area contributed by atoms with Gasteiger partial charge in [-0.15, -0.1) is 0 Å². The number of fused-ring (bicyclic) bond motifs is 1. The molecule has 0 fully saturated rings. The molecule has 0 amide bonds. The second-order valence-electron chi connectivity index (χ2n) is 5.47. The third-order valence-electron chi connectivity index (χ3n) is 3.75. The topological polar surface area (TPSA) is 32.9 Å². The predicted molar refractivity (Wildman–Crippen MR) is 87.3 cm³/mol. The number of para-hydroxylation sites is 1. The number of carbonyl (C=O) groups is 1. The molecule has 0 aliphatic carbocycles. The summed E-state index contributed by atoms with van der Waals surface area (Å²) in [5, 5.41) is 1.49. The van der Waals surface area contributed by atoms with E-state index in [1.54, 1.807) is 6.20 Å². The van der Waals surface area contributed by atoms with Gasteiger partial charge in [-0.2, -0.15) is 0 Å². The molecule has 1 aromatic heterocycles.